The highest BCUT2D eigenvalue weighted by Gasteiger charge is 2.18. The zero-order valence-corrected chi connectivity index (χ0v) is 17.4. The van der Waals surface area contributed by atoms with Crippen molar-refractivity contribution in [3.05, 3.63) is 65.7 Å². The first-order valence-corrected chi connectivity index (χ1v) is 10.7. The number of unbranched alkanes of at least 4 members (excludes halogenated alkanes) is 1. The monoisotopic (exact) mass is 409 g/mol. The average Bonchev–Trinajstić information content (AvgIpc) is 3.48. The fourth-order valence-corrected chi connectivity index (χ4v) is 3.81. The molecule has 0 bridgehead atoms. The lowest BCUT2D eigenvalue weighted by Crippen LogP contribution is -2.04. The summed E-state index contributed by atoms with van der Waals surface area (Å²) < 4.78 is 13.0. The maximum atomic E-state index is 5.56. The first-order valence-electron chi connectivity index (χ1n) is 9.70. The lowest BCUT2D eigenvalue weighted by Gasteiger charge is -2.10. The molecule has 0 aliphatic heterocycles. The average molecular weight is 410 g/mol. The van der Waals surface area contributed by atoms with E-state index in [0.717, 1.165) is 53.0 Å². The Bertz CT molecular complexity index is 1050. The van der Waals surface area contributed by atoms with Crippen LogP contribution in [0.2, 0.25) is 0 Å². The third-order valence-corrected chi connectivity index (χ3v) is 5.54. The summed E-state index contributed by atoms with van der Waals surface area (Å²) in [5.41, 5.74) is 2.20. The Labute approximate surface area is 173 Å². The summed E-state index contributed by atoms with van der Waals surface area (Å²) in [5.74, 6) is 3.58. The molecular formula is C21H23N5O2S. The van der Waals surface area contributed by atoms with Crippen LogP contribution in [0.25, 0.3) is 11.4 Å². The van der Waals surface area contributed by atoms with Crippen molar-refractivity contribution in [3.8, 4) is 11.4 Å². The number of aryl methyl sites for hydroxylation is 2. The third kappa shape index (κ3) is 4.59. The number of benzene rings is 1. The van der Waals surface area contributed by atoms with Crippen LogP contribution in [0.1, 0.15) is 42.8 Å². The molecule has 0 aliphatic rings. The second-order valence-corrected chi connectivity index (χ2v) is 7.73. The lowest BCUT2D eigenvalue weighted by atomic mass is 10.1. The van der Waals surface area contributed by atoms with E-state index in [9.17, 15) is 0 Å². The molecule has 0 atom stereocenters. The summed E-state index contributed by atoms with van der Waals surface area (Å²) in [7, 11) is 0. The van der Waals surface area contributed by atoms with E-state index < -0.39 is 0 Å². The standard InChI is InChI=1S/C21H23N5O2S/c1-3-4-11-18-22-19(28-25-18)14-29-21-24-23-20(17-10-6-5-8-15(17)2)26(21)13-16-9-7-12-27-16/h5-10,12H,3-4,11,13-14H2,1-2H3. The van der Waals surface area contributed by atoms with Gasteiger partial charge in [-0.1, -0.05) is 54.5 Å². The number of nitrogens with zero attached hydrogens (tertiary/aromatic N) is 5. The zero-order chi connectivity index (χ0) is 20.1. The van der Waals surface area contributed by atoms with Gasteiger partial charge in [0.15, 0.2) is 16.8 Å². The SMILES string of the molecule is CCCCc1noc(CSc2nnc(-c3ccccc3C)n2Cc2ccco2)n1. The smallest absolute Gasteiger partial charge is 0.237 e. The number of hydrogen-bond donors (Lipinski definition) is 0. The van der Waals surface area contributed by atoms with Gasteiger partial charge in [-0.15, -0.1) is 10.2 Å². The second kappa shape index (κ2) is 9.09. The van der Waals surface area contributed by atoms with Crippen LogP contribution in [0.4, 0.5) is 0 Å². The van der Waals surface area contributed by atoms with Crippen molar-refractivity contribution in [1.29, 1.82) is 0 Å². The van der Waals surface area contributed by atoms with Gasteiger partial charge in [-0.05, 0) is 31.0 Å². The summed E-state index contributed by atoms with van der Waals surface area (Å²) in [6.07, 6.45) is 4.69. The van der Waals surface area contributed by atoms with Crippen molar-refractivity contribution in [3.63, 3.8) is 0 Å². The van der Waals surface area contributed by atoms with Crippen molar-refractivity contribution in [1.82, 2.24) is 24.9 Å². The van der Waals surface area contributed by atoms with Crippen molar-refractivity contribution in [2.75, 3.05) is 0 Å². The molecule has 0 N–H and O–H groups in total. The third-order valence-electron chi connectivity index (χ3n) is 4.59. The highest BCUT2D eigenvalue weighted by Crippen LogP contribution is 2.28. The van der Waals surface area contributed by atoms with Gasteiger partial charge in [0.05, 0.1) is 18.6 Å². The predicted octanol–water partition coefficient (Wildman–Crippen LogP) is 4.91. The van der Waals surface area contributed by atoms with Gasteiger partial charge in [-0.25, -0.2) is 0 Å². The van der Waals surface area contributed by atoms with Crippen LogP contribution in [0.5, 0.6) is 0 Å². The van der Waals surface area contributed by atoms with E-state index in [1.54, 1.807) is 6.26 Å². The topological polar surface area (TPSA) is 82.8 Å². The molecular weight excluding hydrogens is 386 g/mol. The van der Waals surface area contributed by atoms with E-state index in [1.165, 1.54) is 11.8 Å². The maximum absolute atomic E-state index is 5.56. The molecule has 3 aromatic heterocycles. The van der Waals surface area contributed by atoms with Gasteiger partial charge in [0.25, 0.3) is 0 Å². The first kappa shape index (κ1) is 19.4. The molecule has 0 fully saturated rings. The van der Waals surface area contributed by atoms with E-state index >= 15 is 0 Å². The number of rotatable bonds is 9. The molecule has 0 radical (unpaired) electrons. The Morgan fingerprint density at radius 3 is 2.79 bits per heavy atom. The minimum atomic E-state index is 0.545. The number of thioether (sulfide) groups is 1. The number of aromatic nitrogens is 5. The van der Waals surface area contributed by atoms with Crippen LogP contribution in [0, 0.1) is 6.92 Å². The lowest BCUT2D eigenvalue weighted by molar-refractivity contribution is 0.384. The molecule has 0 aliphatic carbocycles. The Kier molecular flexibility index (Phi) is 6.09. The summed E-state index contributed by atoms with van der Waals surface area (Å²) >= 11 is 1.53. The quantitative estimate of drug-likeness (QED) is 0.363. The van der Waals surface area contributed by atoms with Gasteiger partial charge in [0, 0.05) is 12.0 Å². The van der Waals surface area contributed by atoms with E-state index in [-0.39, 0.29) is 0 Å². The summed E-state index contributed by atoms with van der Waals surface area (Å²) in [4.78, 5) is 4.47. The molecule has 0 saturated carbocycles. The molecule has 3 heterocycles. The van der Waals surface area contributed by atoms with Crippen LogP contribution < -0.4 is 0 Å². The minimum absolute atomic E-state index is 0.545. The van der Waals surface area contributed by atoms with E-state index in [0.29, 0.717) is 18.2 Å². The Morgan fingerprint density at radius 2 is 2.00 bits per heavy atom. The molecule has 4 aromatic rings. The molecule has 29 heavy (non-hydrogen) atoms. The molecule has 8 heteroatoms. The van der Waals surface area contributed by atoms with E-state index in [1.807, 2.05) is 24.3 Å². The van der Waals surface area contributed by atoms with Crippen LogP contribution in [0.15, 0.2) is 56.8 Å². The van der Waals surface area contributed by atoms with Crippen molar-refractivity contribution in [2.45, 2.75) is 50.6 Å². The summed E-state index contributed by atoms with van der Waals surface area (Å²) in [6.45, 7) is 4.77. The van der Waals surface area contributed by atoms with Crippen LogP contribution >= 0.6 is 11.8 Å². The molecule has 0 saturated heterocycles. The number of hydrogen-bond acceptors (Lipinski definition) is 7. The number of furan rings is 1. The van der Waals surface area contributed by atoms with Gasteiger partial charge in [0.1, 0.15) is 5.76 Å². The van der Waals surface area contributed by atoms with Gasteiger partial charge < -0.3 is 8.94 Å². The van der Waals surface area contributed by atoms with E-state index in [4.69, 9.17) is 8.94 Å². The van der Waals surface area contributed by atoms with Crippen LogP contribution in [0.3, 0.4) is 0 Å². The zero-order valence-electron chi connectivity index (χ0n) is 16.5. The van der Waals surface area contributed by atoms with Gasteiger partial charge in [0.2, 0.25) is 5.89 Å². The van der Waals surface area contributed by atoms with E-state index in [2.05, 4.69) is 50.9 Å². The molecule has 150 valence electrons. The van der Waals surface area contributed by atoms with Crippen molar-refractivity contribution < 1.29 is 8.94 Å². The largest absolute Gasteiger partial charge is 0.467 e. The Balaban J connectivity index is 1.57. The highest BCUT2D eigenvalue weighted by molar-refractivity contribution is 7.98. The van der Waals surface area contributed by atoms with Crippen molar-refractivity contribution in [2.24, 2.45) is 0 Å². The highest BCUT2D eigenvalue weighted by atomic mass is 32.2. The predicted molar refractivity (Wildman–Crippen MR) is 110 cm³/mol. The molecule has 1 aromatic carbocycles. The molecule has 4 rings (SSSR count). The Morgan fingerprint density at radius 1 is 1.10 bits per heavy atom. The summed E-state index contributed by atoms with van der Waals surface area (Å²) in [5, 5.41) is 13.7. The second-order valence-electron chi connectivity index (χ2n) is 6.78. The molecule has 0 unspecified atom stereocenters. The van der Waals surface area contributed by atoms with Crippen molar-refractivity contribution >= 4 is 11.8 Å². The van der Waals surface area contributed by atoms with Crippen LogP contribution in [-0.4, -0.2) is 24.9 Å². The first-order chi connectivity index (χ1) is 14.2. The van der Waals surface area contributed by atoms with Gasteiger partial charge in [-0.2, -0.15) is 4.98 Å². The fraction of sp³-hybridized carbons (Fsp3) is 0.333. The Hall–Kier alpha value is -2.87. The summed E-state index contributed by atoms with van der Waals surface area (Å²) in [6, 6.07) is 12.0. The normalized spacial score (nSPS) is 11.2. The fourth-order valence-electron chi connectivity index (χ4n) is 3.03. The molecule has 0 spiro atoms. The van der Waals surface area contributed by atoms with Gasteiger partial charge >= 0.3 is 0 Å². The van der Waals surface area contributed by atoms with Crippen LogP contribution in [-0.2, 0) is 18.7 Å². The van der Waals surface area contributed by atoms with Gasteiger partial charge in [-0.3, -0.25) is 4.57 Å². The molecule has 7 nitrogen and oxygen atoms in total. The minimum Gasteiger partial charge on any atom is -0.467 e. The maximum Gasteiger partial charge on any atom is 0.237 e. The molecule has 0 amide bonds.